The van der Waals surface area contributed by atoms with Gasteiger partial charge in [0.1, 0.15) is 11.5 Å². The number of likely N-dealkylation sites (N-methyl/N-ethyl adjacent to an activating group) is 1. The van der Waals surface area contributed by atoms with Gasteiger partial charge in [-0.2, -0.15) is 0 Å². The van der Waals surface area contributed by atoms with Gasteiger partial charge in [0.2, 0.25) is 12.5 Å². The van der Waals surface area contributed by atoms with Gasteiger partial charge in [-0.15, -0.1) is 0 Å². The van der Waals surface area contributed by atoms with Crippen LogP contribution in [0, 0.1) is 0 Å². The number of hydrogen-bond acceptors (Lipinski definition) is 6. The SMILES string of the molecule is COc1cc(N[C@H]2c3c(cc4c(c3OC)OCO4)CC[NH+]2C)c(OC)cc1Cl. The van der Waals surface area contributed by atoms with Crippen LogP contribution in [0.4, 0.5) is 5.69 Å². The molecule has 0 aliphatic carbocycles. The van der Waals surface area contributed by atoms with E-state index >= 15 is 0 Å². The molecule has 150 valence electrons. The Labute approximate surface area is 169 Å². The van der Waals surface area contributed by atoms with E-state index in [0.29, 0.717) is 28.0 Å². The Balaban J connectivity index is 1.80. The molecule has 0 spiro atoms. The minimum atomic E-state index is -0.0759. The van der Waals surface area contributed by atoms with Crippen LogP contribution in [-0.4, -0.2) is 41.7 Å². The molecule has 2 aliphatic rings. The normalized spacial score (nSPS) is 19.8. The molecule has 2 aromatic rings. The van der Waals surface area contributed by atoms with E-state index < -0.39 is 0 Å². The first kappa shape index (κ1) is 18.8. The number of fused-ring (bicyclic) bond motifs is 2. The Morgan fingerprint density at radius 3 is 2.57 bits per heavy atom. The van der Waals surface area contributed by atoms with Crippen LogP contribution in [0.2, 0.25) is 5.02 Å². The van der Waals surface area contributed by atoms with Crippen molar-refractivity contribution in [3.05, 3.63) is 34.3 Å². The fourth-order valence-electron chi connectivity index (χ4n) is 3.85. The van der Waals surface area contributed by atoms with Crippen molar-refractivity contribution in [1.29, 1.82) is 0 Å². The first-order valence-electron chi connectivity index (χ1n) is 9.07. The lowest BCUT2D eigenvalue weighted by Crippen LogP contribution is -3.11. The van der Waals surface area contributed by atoms with Crippen molar-refractivity contribution in [3.63, 3.8) is 0 Å². The molecule has 0 saturated heterocycles. The Morgan fingerprint density at radius 2 is 1.86 bits per heavy atom. The van der Waals surface area contributed by atoms with Gasteiger partial charge in [-0.05, 0) is 11.6 Å². The van der Waals surface area contributed by atoms with Crippen molar-refractivity contribution < 1.29 is 28.6 Å². The molecular formula is C20H24ClN2O5+. The molecule has 1 unspecified atom stereocenters. The molecule has 0 bridgehead atoms. The maximum atomic E-state index is 6.26. The summed E-state index contributed by atoms with van der Waals surface area (Å²) in [5.74, 6) is 3.33. The van der Waals surface area contributed by atoms with Crippen molar-refractivity contribution in [2.45, 2.75) is 12.6 Å². The molecule has 0 aromatic heterocycles. The molecule has 0 fully saturated rings. The van der Waals surface area contributed by atoms with Crippen molar-refractivity contribution in [2.75, 3.05) is 47.0 Å². The van der Waals surface area contributed by atoms with Crippen molar-refractivity contribution in [1.82, 2.24) is 0 Å². The summed E-state index contributed by atoms with van der Waals surface area (Å²) in [5.41, 5.74) is 3.04. The zero-order valence-corrected chi connectivity index (χ0v) is 17.1. The fourth-order valence-corrected chi connectivity index (χ4v) is 4.08. The number of ether oxygens (including phenoxy) is 5. The van der Waals surface area contributed by atoms with Gasteiger partial charge in [-0.25, -0.2) is 0 Å². The van der Waals surface area contributed by atoms with Crippen molar-refractivity contribution in [2.24, 2.45) is 0 Å². The highest BCUT2D eigenvalue weighted by atomic mass is 35.5. The van der Waals surface area contributed by atoms with Crippen LogP contribution in [0.5, 0.6) is 28.7 Å². The van der Waals surface area contributed by atoms with E-state index in [1.165, 1.54) is 10.5 Å². The van der Waals surface area contributed by atoms with Crippen molar-refractivity contribution in [3.8, 4) is 28.7 Å². The maximum Gasteiger partial charge on any atom is 0.231 e. The lowest BCUT2D eigenvalue weighted by molar-refractivity contribution is -0.910. The molecular weight excluding hydrogens is 384 g/mol. The molecule has 2 heterocycles. The van der Waals surface area contributed by atoms with Crippen LogP contribution < -0.4 is 33.9 Å². The molecule has 8 heteroatoms. The van der Waals surface area contributed by atoms with Gasteiger partial charge in [0.05, 0.1) is 51.2 Å². The number of hydrogen-bond donors (Lipinski definition) is 2. The first-order chi connectivity index (χ1) is 13.6. The van der Waals surface area contributed by atoms with E-state index in [1.807, 2.05) is 6.07 Å². The Morgan fingerprint density at radius 1 is 1.07 bits per heavy atom. The van der Waals surface area contributed by atoms with Crippen LogP contribution in [0.15, 0.2) is 18.2 Å². The number of anilines is 1. The number of halogens is 1. The second kappa shape index (κ2) is 7.48. The Bertz CT molecular complexity index is 905. The third-order valence-electron chi connectivity index (χ3n) is 5.29. The lowest BCUT2D eigenvalue weighted by Gasteiger charge is -2.34. The summed E-state index contributed by atoms with van der Waals surface area (Å²) >= 11 is 6.26. The molecule has 2 aliphatic heterocycles. The highest BCUT2D eigenvalue weighted by Crippen LogP contribution is 2.48. The average Bonchev–Trinajstić information content (AvgIpc) is 3.17. The lowest BCUT2D eigenvalue weighted by atomic mass is 9.94. The summed E-state index contributed by atoms with van der Waals surface area (Å²) < 4.78 is 27.9. The minimum absolute atomic E-state index is 0.0759. The number of rotatable bonds is 5. The third kappa shape index (κ3) is 3.04. The standard InChI is InChI=1S/C20H23ClN2O5/c1-23-6-5-11-7-16-18(28-10-27-16)19(26-4)17(11)20(23)22-13-9-14(24-2)12(21)8-15(13)25-3/h7-9,20,22H,5-6,10H2,1-4H3/p+1/t20-/m1/s1. The Hall–Kier alpha value is -2.51. The molecule has 2 aromatic carbocycles. The highest BCUT2D eigenvalue weighted by Gasteiger charge is 2.37. The summed E-state index contributed by atoms with van der Waals surface area (Å²) in [5, 5.41) is 4.09. The molecule has 2 atom stereocenters. The molecule has 2 N–H and O–H groups in total. The van der Waals surface area contributed by atoms with Gasteiger partial charge in [0.15, 0.2) is 17.7 Å². The second-order valence-electron chi connectivity index (χ2n) is 6.83. The first-order valence-corrected chi connectivity index (χ1v) is 9.44. The molecule has 0 saturated carbocycles. The second-order valence-corrected chi connectivity index (χ2v) is 7.23. The monoisotopic (exact) mass is 407 g/mol. The fraction of sp³-hybridized carbons (Fsp3) is 0.400. The largest absolute Gasteiger partial charge is 0.495 e. The number of nitrogens with one attached hydrogen (secondary N) is 2. The van der Waals surface area contributed by atoms with E-state index in [2.05, 4.69) is 18.4 Å². The smallest absolute Gasteiger partial charge is 0.231 e. The zero-order chi connectivity index (χ0) is 19.8. The van der Waals surface area contributed by atoms with E-state index in [4.69, 9.17) is 35.3 Å². The molecule has 7 nitrogen and oxygen atoms in total. The predicted molar refractivity (Wildman–Crippen MR) is 105 cm³/mol. The van der Waals surface area contributed by atoms with Crippen LogP contribution in [0.1, 0.15) is 17.3 Å². The van der Waals surface area contributed by atoms with Gasteiger partial charge in [0.25, 0.3) is 0 Å². The highest BCUT2D eigenvalue weighted by molar-refractivity contribution is 6.32. The van der Waals surface area contributed by atoms with Crippen molar-refractivity contribution >= 4 is 17.3 Å². The topological polar surface area (TPSA) is 62.6 Å². The summed E-state index contributed by atoms with van der Waals surface area (Å²) in [7, 11) is 7.01. The molecule has 28 heavy (non-hydrogen) atoms. The third-order valence-corrected chi connectivity index (χ3v) is 5.59. The van der Waals surface area contributed by atoms with E-state index in [1.54, 1.807) is 27.4 Å². The number of quaternary nitrogens is 1. The summed E-state index contributed by atoms with van der Waals surface area (Å²) in [6.07, 6.45) is 0.848. The van der Waals surface area contributed by atoms with Gasteiger partial charge in [-0.3, -0.25) is 0 Å². The predicted octanol–water partition coefficient (Wildman–Crippen LogP) is 2.28. The van der Waals surface area contributed by atoms with Gasteiger partial charge < -0.3 is 33.9 Å². The number of methoxy groups -OCH3 is 3. The minimum Gasteiger partial charge on any atom is -0.495 e. The number of benzene rings is 2. The van der Waals surface area contributed by atoms with Gasteiger partial charge in [0, 0.05) is 18.6 Å². The molecule has 0 amide bonds. The van der Waals surface area contributed by atoms with Crippen LogP contribution in [0.25, 0.3) is 0 Å². The van der Waals surface area contributed by atoms with Crippen LogP contribution >= 0.6 is 11.6 Å². The molecule has 4 rings (SSSR count). The van der Waals surface area contributed by atoms with Gasteiger partial charge in [-0.1, -0.05) is 11.6 Å². The van der Waals surface area contributed by atoms with E-state index in [0.717, 1.165) is 30.0 Å². The van der Waals surface area contributed by atoms with Gasteiger partial charge >= 0.3 is 0 Å². The Kier molecular flexibility index (Phi) is 5.03. The average molecular weight is 408 g/mol. The summed E-state index contributed by atoms with van der Waals surface area (Å²) in [6.45, 7) is 1.16. The summed E-state index contributed by atoms with van der Waals surface area (Å²) in [6, 6.07) is 5.65. The quantitative estimate of drug-likeness (QED) is 0.793. The maximum absolute atomic E-state index is 6.26. The van der Waals surface area contributed by atoms with E-state index in [9.17, 15) is 0 Å². The van der Waals surface area contributed by atoms with Crippen LogP contribution in [0.3, 0.4) is 0 Å². The zero-order valence-electron chi connectivity index (χ0n) is 16.3. The molecule has 0 radical (unpaired) electrons. The van der Waals surface area contributed by atoms with Crippen LogP contribution in [-0.2, 0) is 6.42 Å². The van der Waals surface area contributed by atoms with E-state index in [-0.39, 0.29) is 13.0 Å². The summed E-state index contributed by atoms with van der Waals surface area (Å²) in [4.78, 5) is 1.29.